The van der Waals surface area contributed by atoms with Gasteiger partial charge in [-0.1, -0.05) is 72.8 Å². The van der Waals surface area contributed by atoms with Crippen molar-refractivity contribution >= 4 is 16.7 Å². The second kappa shape index (κ2) is 10.3. The van der Waals surface area contributed by atoms with Crippen molar-refractivity contribution in [3.05, 3.63) is 118 Å². The number of rotatable bonds is 7. The third-order valence-electron chi connectivity index (χ3n) is 8.12. The zero-order valence-electron chi connectivity index (χ0n) is 21.4. The number of carboxylic acids is 1. The van der Waals surface area contributed by atoms with E-state index in [-0.39, 0.29) is 12.0 Å². The number of hydrogen-bond acceptors (Lipinski definition) is 2. The molecule has 0 heterocycles. The van der Waals surface area contributed by atoms with Crippen LogP contribution < -0.4 is 5.32 Å². The summed E-state index contributed by atoms with van der Waals surface area (Å²) < 4.78 is 0. The molecule has 1 aliphatic rings. The first-order chi connectivity index (χ1) is 17.4. The van der Waals surface area contributed by atoms with Crippen LogP contribution in [-0.2, 0) is 6.42 Å². The molecule has 5 rings (SSSR count). The Morgan fingerprint density at radius 3 is 2.58 bits per heavy atom. The van der Waals surface area contributed by atoms with Gasteiger partial charge in [-0.2, -0.15) is 0 Å². The van der Waals surface area contributed by atoms with Crippen LogP contribution in [0.25, 0.3) is 10.8 Å². The van der Waals surface area contributed by atoms with E-state index in [9.17, 15) is 9.90 Å². The number of aryl methyl sites for hydroxylation is 1. The van der Waals surface area contributed by atoms with Crippen molar-refractivity contribution in [2.75, 3.05) is 6.54 Å². The Bertz CT molecular complexity index is 1400. The van der Waals surface area contributed by atoms with Crippen molar-refractivity contribution in [1.82, 2.24) is 5.32 Å². The van der Waals surface area contributed by atoms with E-state index in [0.717, 1.165) is 42.5 Å². The second-order valence-corrected chi connectivity index (χ2v) is 10.4. The van der Waals surface area contributed by atoms with Crippen molar-refractivity contribution in [3.63, 3.8) is 0 Å². The van der Waals surface area contributed by atoms with Gasteiger partial charge < -0.3 is 10.4 Å². The van der Waals surface area contributed by atoms with E-state index in [1.807, 2.05) is 19.9 Å². The minimum absolute atomic E-state index is 0.229. The average Bonchev–Trinajstić information content (AvgIpc) is 2.89. The molecule has 2 N–H and O–H groups in total. The van der Waals surface area contributed by atoms with Gasteiger partial charge in [0.05, 0.1) is 5.56 Å². The highest BCUT2D eigenvalue weighted by atomic mass is 16.4. The molecular formula is C33H35NO2. The van der Waals surface area contributed by atoms with Gasteiger partial charge in [-0.15, -0.1) is 0 Å². The molecular weight excluding hydrogens is 442 g/mol. The Hall–Kier alpha value is -3.43. The Labute approximate surface area is 214 Å². The fourth-order valence-corrected chi connectivity index (χ4v) is 6.00. The highest BCUT2D eigenvalue weighted by Crippen LogP contribution is 2.41. The molecule has 0 radical (unpaired) electrons. The van der Waals surface area contributed by atoms with Gasteiger partial charge in [0, 0.05) is 12.0 Å². The van der Waals surface area contributed by atoms with E-state index in [0.29, 0.717) is 11.5 Å². The highest BCUT2D eigenvalue weighted by Gasteiger charge is 2.29. The normalized spacial score (nSPS) is 18.1. The zero-order valence-corrected chi connectivity index (χ0v) is 21.4. The van der Waals surface area contributed by atoms with E-state index in [1.54, 1.807) is 0 Å². The van der Waals surface area contributed by atoms with Crippen LogP contribution in [0.4, 0.5) is 0 Å². The number of carboxylic acid groups (broad SMARTS) is 1. The van der Waals surface area contributed by atoms with Gasteiger partial charge in [-0.05, 0) is 103 Å². The van der Waals surface area contributed by atoms with E-state index >= 15 is 0 Å². The van der Waals surface area contributed by atoms with Crippen molar-refractivity contribution in [3.8, 4) is 0 Å². The Morgan fingerprint density at radius 2 is 1.75 bits per heavy atom. The topological polar surface area (TPSA) is 49.3 Å². The number of nitrogens with one attached hydrogen (secondary N) is 1. The minimum Gasteiger partial charge on any atom is -0.478 e. The fraction of sp³-hybridized carbons (Fsp3) is 0.303. The summed E-state index contributed by atoms with van der Waals surface area (Å²) in [5, 5.41) is 16.2. The van der Waals surface area contributed by atoms with Crippen molar-refractivity contribution in [2.24, 2.45) is 5.92 Å². The first kappa shape index (κ1) is 24.3. The molecule has 0 amide bonds. The van der Waals surface area contributed by atoms with Gasteiger partial charge in [0.25, 0.3) is 0 Å². The lowest BCUT2D eigenvalue weighted by Crippen LogP contribution is -2.26. The summed E-state index contributed by atoms with van der Waals surface area (Å²) in [6.45, 7) is 7.14. The molecule has 3 heteroatoms. The van der Waals surface area contributed by atoms with Crippen molar-refractivity contribution in [1.29, 1.82) is 0 Å². The number of aromatic carboxylic acids is 1. The molecule has 0 saturated heterocycles. The predicted octanol–water partition coefficient (Wildman–Crippen LogP) is 7.59. The maximum absolute atomic E-state index is 11.9. The smallest absolute Gasteiger partial charge is 0.335 e. The van der Waals surface area contributed by atoms with Crippen LogP contribution in [0.1, 0.15) is 75.5 Å². The first-order valence-corrected chi connectivity index (χ1v) is 13.1. The molecule has 3 atom stereocenters. The predicted molar refractivity (Wildman–Crippen MR) is 148 cm³/mol. The summed E-state index contributed by atoms with van der Waals surface area (Å²) in [6, 6.07) is 28.2. The summed E-state index contributed by atoms with van der Waals surface area (Å²) in [6.07, 6.45) is 3.22. The lowest BCUT2D eigenvalue weighted by atomic mass is 9.72. The molecule has 4 aromatic rings. The summed E-state index contributed by atoms with van der Waals surface area (Å²) in [4.78, 5) is 11.9. The summed E-state index contributed by atoms with van der Waals surface area (Å²) in [7, 11) is 0. The van der Waals surface area contributed by atoms with Crippen LogP contribution in [0.5, 0.6) is 0 Å². The van der Waals surface area contributed by atoms with Crippen LogP contribution in [0.15, 0.2) is 78.9 Å². The Morgan fingerprint density at radius 1 is 1.00 bits per heavy atom. The summed E-state index contributed by atoms with van der Waals surface area (Å²) >= 11 is 0. The van der Waals surface area contributed by atoms with Gasteiger partial charge in [0.1, 0.15) is 0 Å². The fourth-order valence-electron chi connectivity index (χ4n) is 6.00. The van der Waals surface area contributed by atoms with Crippen LogP contribution in [0.3, 0.4) is 0 Å². The molecule has 0 aliphatic heterocycles. The minimum atomic E-state index is -0.843. The number of carbonyl (C=O) groups is 1. The van der Waals surface area contributed by atoms with Gasteiger partial charge in [0.2, 0.25) is 0 Å². The SMILES string of the molecule is Cc1cc(C2CC(CCN[C@H](C)c3cccc4ccccc34)Cc3ccccc32)cc(C(=O)O)c1C. The maximum Gasteiger partial charge on any atom is 0.335 e. The molecule has 2 unspecified atom stereocenters. The molecule has 3 nitrogen and oxygen atoms in total. The third kappa shape index (κ3) is 4.81. The Kier molecular flexibility index (Phi) is 6.93. The maximum atomic E-state index is 11.9. The first-order valence-electron chi connectivity index (χ1n) is 13.1. The molecule has 4 aromatic carbocycles. The third-order valence-corrected chi connectivity index (χ3v) is 8.12. The van der Waals surface area contributed by atoms with Gasteiger partial charge in [-0.3, -0.25) is 0 Å². The lowest BCUT2D eigenvalue weighted by Gasteiger charge is -2.33. The van der Waals surface area contributed by atoms with E-state index < -0.39 is 5.97 Å². The summed E-state index contributed by atoms with van der Waals surface area (Å²) in [5.74, 6) is -0.0652. The van der Waals surface area contributed by atoms with Crippen molar-refractivity contribution < 1.29 is 9.90 Å². The Balaban J connectivity index is 1.34. The molecule has 0 saturated carbocycles. The van der Waals surface area contributed by atoms with Crippen molar-refractivity contribution in [2.45, 2.75) is 52.0 Å². The molecule has 0 spiro atoms. The molecule has 0 bridgehead atoms. The zero-order chi connectivity index (χ0) is 25.2. The lowest BCUT2D eigenvalue weighted by molar-refractivity contribution is 0.0696. The quantitative estimate of drug-likeness (QED) is 0.288. The largest absolute Gasteiger partial charge is 0.478 e. The van der Waals surface area contributed by atoms with Crippen LogP contribution >= 0.6 is 0 Å². The number of hydrogen-bond donors (Lipinski definition) is 2. The highest BCUT2D eigenvalue weighted by molar-refractivity contribution is 5.90. The second-order valence-electron chi connectivity index (χ2n) is 10.4. The number of fused-ring (bicyclic) bond motifs is 2. The molecule has 0 fully saturated rings. The van der Waals surface area contributed by atoms with Crippen LogP contribution in [-0.4, -0.2) is 17.6 Å². The van der Waals surface area contributed by atoms with E-state index in [1.165, 1.54) is 27.5 Å². The van der Waals surface area contributed by atoms with E-state index in [4.69, 9.17) is 0 Å². The standard InChI is InChI=1S/C33H35NO2/c1-21-17-27(20-31(22(21)2)33(35)36)32-19-24(18-26-10-5-7-13-30(26)32)15-16-34-23(3)28-14-8-11-25-9-4-6-12-29(25)28/h4-14,17,20,23-24,32,34H,15-16,18-19H2,1-3H3,(H,35,36)/t23-,24?,32?/m1/s1. The van der Waals surface area contributed by atoms with Gasteiger partial charge in [-0.25, -0.2) is 4.79 Å². The van der Waals surface area contributed by atoms with Crippen LogP contribution in [0, 0.1) is 19.8 Å². The molecule has 1 aliphatic carbocycles. The number of benzene rings is 4. The van der Waals surface area contributed by atoms with Gasteiger partial charge in [0.15, 0.2) is 0 Å². The van der Waals surface area contributed by atoms with E-state index in [2.05, 4.69) is 85.0 Å². The molecule has 184 valence electrons. The average molecular weight is 478 g/mol. The molecule has 0 aromatic heterocycles. The molecule has 36 heavy (non-hydrogen) atoms. The monoisotopic (exact) mass is 477 g/mol. The van der Waals surface area contributed by atoms with Crippen LogP contribution in [0.2, 0.25) is 0 Å². The van der Waals surface area contributed by atoms with Gasteiger partial charge >= 0.3 is 5.97 Å². The summed E-state index contributed by atoms with van der Waals surface area (Å²) in [5.41, 5.74) is 7.56.